The van der Waals surface area contributed by atoms with Crippen molar-refractivity contribution in [2.24, 2.45) is 0 Å². The first-order valence-electron chi connectivity index (χ1n) is 8.14. The van der Waals surface area contributed by atoms with Crippen LogP contribution in [0.3, 0.4) is 0 Å². The summed E-state index contributed by atoms with van der Waals surface area (Å²) in [6.07, 6.45) is 4.89. The van der Waals surface area contributed by atoms with Crippen LogP contribution in [0.15, 0.2) is 18.2 Å². The molecule has 0 aliphatic heterocycles. The molecule has 0 radical (unpaired) electrons. The van der Waals surface area contributed by atoms with E-state index in [0.717, 1.165) is 36.6 Å². The molecule has 1 amide bonds. The molecule has 0 fully saturated rings. The van der Waals surface area contributed by atoms with E-state index in [-0.39, 0.29) is 12.5 Å². The van der Waals surface area contributed by atoms with Crippen LogP contribution < -0.4 is 9.62 Å². The van der Waals surface area contributed by atoms with Crippen molar-refractivity contribution in [3.8, 4) is 0 Å². The normalized spacial score (nSPS) is 11.3. The van der Waals surface area contributed by atoms with Crippen molar-refractivity contribution in [3.05, 3.63) is 29.3 Å². The van der Waals surface area contributed by atoms with Gasteiger partial charge in [0.25, 0.3) is 0 Å². The van der Waals surface area contributed by atoms with Crippen LogP contribution >= 0.6 is 0 Å². The average Bonchev–Trinajstić information content (AvgIpc) is 2.48. The van der Waals surface area contributed by atoms with Gasteiger partial charge in [0.1, 0.15) is 6.54 Å². The lowest BCUT2D eigenvalue weighted by Gasteiger charge is -2.26. The number of para-hydroxylation sites is 1. The highest BCUT2D eigenvalue weighted by Crippen LogP contribution is 2.27. The fourth-order valence-electron chi connectivity index (χ4n) is 2.51. The second-order valence-electron chi connectivity index (χ2n) is 5.76. The number of sulfonamides is 1. The third-order valence-corrected chi connectivity index (χ3v) is 4.85. The van der Waals surface area contributed by atoms with Crippen LogP contribution in [0.25, 0.3) is 0 Å². The Hall–Kier alpha value is -1.56. The third-order valence-electron chi connectivity index (χ3n) is 3.74. The number of hydrogen-bond donors (Lipinski definition) is 1. The Labute approximate surface area is 140 Å². The molecule has 0 unspecified atom stereocenters. The Kier molecular flexibility index (Phi) is 7.55. The largest absolute Gasteiger partial charge is 0.355 e. The highest BCUT2D eigenvalue weighted by molar-refractivity contribution is 7.92. The molecular formula is C17H28N2O3S. The van der Waals surface area contributed by atoms with Gasteiger partial charge in [0.2, 0.25) is 15.9 Å². The van der Waals surface area contributed by atoms with Crippen molar-refractivity contribution in [1.82, 2.24) is 5.32 Å². The Morgan fingerprint density at radius 2 is 1.91 bits per heavy atom. The highest BCUT2D eigenvalue weighted by Gasteiger charge is 2.24. The molecule has 0 aliphatic carbocycles. The Balaban J connectivity index is 2.98. The van der Waals surface area contributed by atoms with Crippen molar-refractivity contribution in [1.29, 1.82) is 0 Å². The maximum Gasteiger partial charge on any atom is 0.240 e. The molecule has 6 heteroatoms. The van der Waals surface area contributed by atoms with E-state index in [1.54, 1.807) is 0 Å². The van der Waals surface area contributed by atoms with Gasteiger partial charge >= 0.3 is 0 Å². The molecule has 5 nitrogen and oxygen atoms in total. The smallest absolute Gasteiger partial charge is 0.240 e. The minimum absolute atomic E-state index is 0.178. The molecule has 0 heterocycles. The SMILES string of the molecule is CCCCCNC(=O)CN(c1c(C)cccc1CC)S(C)(=O)=O. The first-order chi connectivity index (χ1) is 10.8. The molecule has 1 aromatic rings. The topological polar surface area (TPSA) is 66.5 Å². The second kappa shape index (κ2) is 8.91. The van der Waals surface area contributed by atoms with Crippen LogP contribution in [0, 0.1) is 6.92 Å². The molecule has 1 rings (SSSR count). The predicted molar refractivity (Wildman–Crippen MR) is 95.3 cm³/mol. The average molecular weight is 340 g/mol. The number of benzene rings is 1. The number of nitrogens with zero attached hydrogens (tertiary/aromatic N) is 1. The number of rotatable bonds is 9. The monoisotopic (exact) mass is 340 g/mol. The quantitative estimate of drug-likeness (QED) is 0.703. The molecule has 0 bridgehead atoms. The fourth-order valence-corrected chi connectivity index (χ4v) is 3.46. The lowest BCUT2D eigenvalue weighted by atomic mass is 10.1. The van der Waals surface area contributed by atoms with Gasteiger partial charge in [0, 0.05) is 6.54 Å². The van der Waals surface area contributed by atoms with Crippen molar-refractivity contribution in [2.45, 2.75) is 46.5 Å². The van der Waals surface area contributed by atoms with Gasteiger partial charge in [-0.3, -0.25) is 9.10 Å². The van der Waals surface area contributed by atoms with E-state index < -0.39 is 10.0 Å². The number of unbranched alkanes of at least 4 members (excludes halogenated alkanes) is 2. The summed E-state index contributed by atoms with van der Waals surface area (Å²) in [5, 5.41) is 2.80. The fraction of sp³-hybridized carbons (Fsp3) is 0.588. The summed E-state index contributed by atoms with van der Waals surface area (Å²) in [5.41, 5.74) is 2.41. The van der Waals surface area contributed by atoms with E-state index in [9.17, 15) is 13.2 Å². The zero-order valence-corrected chi connectivity index (χ0v) is 15.4. The third kappa shape index (κ3) is 5.86. The van der Waals surface area contributed by atoms with E-state index in [2.05, 4.69) is 12.2 Å². The van der Waals surface area contributed by atoms with Crippen LogP contribution in [0.2, 0.25) is 0 Å². The van der Waals surface area contributed by atoms with Crippen molar-refractivity contribution in [3.63, 3.8) is 0 Å². The maximum absolute atomic E-state index is 12.2. The molecule has 0 saturated carbocycles. The van der Waals surface area contributed by atoms with Crippen molar-refractivity contribution in [2.75, 3.05) is 23.7 Å². The van der Waals surface area contributed by atoms with Gasteiger partial charge in [-0.15, -0.1) is 0 Å². The maximum atomic E-state index is 12.2. The minimum atomic E-state index is -3.53. The summed E-state index contributed by atoms with van der Waals surface area (Å²) in [5.74, 6) is -0.267. The molecule has 130 valence electrons. The number of amides is 1. The molecule has 0 saturated heterocycles. The molecule has 23 heavy (non-hydrogen) atoms. The zero-order chi connectivity index (χ0) is 17.5. The van der Waals surface area contributed by atoms with E-state index in [1.807, 2.05) is 32.0 Å². The first kappa shape index (κ1) is 19.5. The lowest BCUT2D eigenvalue weighted by Crippen LogP contribution is -2.41. The van der Waals surface area contributed by atoms with E-state index in [0.29, 0.717) is 18.7 Å². The number of carbonyl (C=O) groups excluding carboxylic acids is 1. The molecular weight excluding hydrogens is 312 g/mol. The van der Waals surface area contributed by atoms with E-state index >= 15 is 0 Å². The molecule has 1 aromatic carbocycles. The van der Waals surface area contributed by atoms with Crippen molar-refractivity contribution < 1.29 is 13.2 Å². The number of anilines is 1. The number of hydrogen-bond acceptors (Lipinski definition) is 3. The Morgan fingerprint density at radius 1 is 1.22 bits per heavy atom. The zero-order valence-electron chi connectivity index (χ0n) is 14.6. The Bertz CT molecular complexity index is 627. The van der Waals surface area contributed by atoms with Crippen LogP contribution in [-0.2, 0) is 21.2 Å². The molecule has 0 aliphatic rings. The summed E-state index contributed by atoms with van der Waals surface area (Å²) in [7, 11) is -3.53. The van der Waals surface area contributed by atoms with E-state index in [1.165, 1.54) is 4.31 Å². The number of aryl methyl sites for hydroxylation is 2. The summed E-state index contributed by atoms with van der Waals surface area (Å²) in [6.45, 7) is 6.34. The predicted octanol–water partition coefficient (Wildman–Crippen LogP) is 2.63. The van der Waals surface area contributed by atoms with Gasteiger partial charge in [-0.1, -0.05) is 44.9 Å². The van der Waals surface area contributed by atoms with Gasteiger partial charge in [0.15, 0.2) is 0 Å². The van der Waals surface area contributed by atoms with Crippen molar-refractivity contribution >= 4 is 21.6 Å². The summed E-state index contributed by atoms with van der Waals surface area (Å²) >= 11 is 0. The standard InChI is InChI=1S/C17H28N2O3S/c1-5-7-8-12-18-16(20)13-19(23(4,21)22)17-14(3)10-9-11-15(17)6-2/h9-11H,5-8,12-13H2,1-4H3,(H,18,20). The van der Waals surface area contributed by atoms with Gasteiger partial charge in [0.05, 0.1) is 11.9 Å². The molecule has 0 spiro atoms. The van der Waals surface area contributed by atoms with Gasteiger partial charge in [-0.25, -0.2) is 8.42 Å². The van der Waals surface area contributed by atoms with Crippen LogP contribution in [0.4, 0.5) is 5.69 Å². The van der Waals surface area contributed by atoms with Gasteiger partial charge in [-0.2, -0.15) is 0 Å². The molecule has 0 aromatic heterocycles. The van der Waals surface area contributed by atoms with E-state index in [4.69, 9.17) is 0 Å². The van der Waals surface area contributed by atoms with Crippen LogP contribution in [0.1, 0.15) is 44.2 Å². The minimum Gasteiger partial charge on any atom is -0.355 e. The van der Waals surface area contributed by atoms with Crippen LogP contribution in [0.5, 0.6) is 0 Å². The van der Waals surface area contributed by atoms with Gasteiger partial charge in [-0.05, 0) is 30.9 Å². The summed E-state index contributed by atoms with van der Waals surface area (Å²) < 4.78 is 25.6. The number of nitrogens with one attached hydrogen (secondary N) is 1. The molecule has 1 N–H and O–H groups in total. The van der Waals surface area contributed by atoms with Crippen LogP contribution in [-0.4, -0.2) is 33.7 Å². The number of carbonyl (C=O) groups is 1. The highest BCUT2D eigenvalue weighted by atomic mass is 32.2. The molecule has 0 atom stereocenters. The Morgan fingerprint density at radius 3 is 2.48 bits per heavy atom. The second-order valence-corrected chi connectivity index (χ2v) is 7.67. The summed E-state index contributed by atoms with van der Waals surface area (Å²) in [6, 6.07) is 5.68. The lowest BCUT2D eigenvalue weighted by molar-refractivity contribution is -0.119. The first-order valence-corrected chi connectivity index (χ1v) is 9.99. The van der Waals surface area contributed by atoms with Gasteiger partial charge < -0.3 is 5.32 Å². The summed E-state index contributed by atoms with van der Waals surface area (Å²) in [4.78, 5) is 12.1.